The van der Waals surface area contributed by atoms with Crippen molar-refractivity contribution < 1.29 is 19.1 Å². The Labute approximate surface area is 163 Å². The number of hydrogen-bond donors (Lipinski definition) is 2. The largest absolute Gasteiger partial charge is 0.493 e. The van der Waals surface area contributed by atoms with E-state index in [2.05, 4.69) is 10.9 Å². The SMILES string of the molecule is COc1ccccc1OCC(=O)NNC(=O)c1ccc(-c2ccccc2)cc1. The van der Waals surface area contributed by atoms with Crippen LogP contribution in [-0.2, 0) is 4.79 Å². The van der Waals surface area contributed by atoms with Gasteiger partial charge in [-0.05, 0) is 35.4 Å². The van der Waals surface area contributed by atoms with Gasteiger partial charge in [0.2, 0.25) is 0 Å². The minimum absolute atomic E-state index is 0.256. The molecule has 28 heavy (non-hydrogen) atoms. The quantitative estimate of drug-likeness (QED) is 0.648. The van der Waals surface area contributed by atoms with E-state index >= 15 is 0 Å². The Balaban J connectivity index is 1.50. The van der Waals surface area contributed by atoms with Gasteiger partial charge in [0.25, 0.3) is 11.8 Å². The van der Waals surface area contributed by atoms with Crippen LogP contribution in [0.2, 0.25) is 0 Å². The molecular formula is C22H20N2O4. The van der Waals surface area contributed by atoms with Gasteiger partial charge in [0.1, 0.15) is 0 Å². The van der Waals surface area contributed by atoms with Gasteiger partial charge in [-0.1, -0.05) is 54.6 Å². The molecule has 142 valence electrons. The Morgan fingerprint density at radius 2 is 1.36 bits per heavy atom. The van der Waals surface area contributed by atoms with Crippen LogP contribution in [0.25, 0.3) is 11.1 Å². The number of ether oxygens (including phenoxy) is 2. The van der Waals surface area contributed by atoms with Gasteiger partial charge in [0.15, 0.2) is 18.1 Å². The predicted molar refractivity (Wildman–Crippen MR) is 106 cm³/mol. The van der Waals surface area contributed by atoms with Crippen molar-refractivity contribution in [2.24, 2.45) is 0 Å². The zero-order chi connectivity index (χ0) is 19.8. The van der Waals surface area contributed by atoms with Crippen LogP contribution in [0, 0.1) is 0 Å². The molecule has 0 saturated heterocycles. The standard InChI is InChI=1S/C22H20N2O4/c1-27-19-9-5-6-10-20(19)28-15-21(25)23-24-22(26)18-13-11-17(12-14-18)16-7-3-2-4-8-16/h2-14H,15H2,1H3,(H,23,25)(H,24,26). The third-order valence-electron chi connectivity index (χ3n) is 4.00. The highest BCUT2D eigenvalue weighted by Crippen LogP contribution is 2.25. The molecule has 0 aliphatic rings. The fourth-order valence-electron chi connectivity index (χ4n) is 2.56. The van der Waals surface area contributed by atoms with Gasteiger partial charge in [0, 0.05) is 5.56 Å². The second-order valence-corrected chi connectivity index (χ2v) is 5.89. The summed E-state index contributed by atoms with van der Waals surface area (Å²) < 4.78 is 10.6. The second-order valence-electron chi connectivity index (χ2n) is 5.89. The fraction of sp³-hybridized carbons (Fsp3) is 0.0909. The number of nitrogens with one attached hydrogen (secondary N) is 2. The first kappa shape index (κ1) is 19.0. The molecule has 0 fully saturated rings. The van der Waals surface area contributed by atoms with Gasteiger partial charge in [-0.3, -0.25) is 20.4 Å². The first-order valence-electron chi connectivity index (χ1n) is 8.68. The Hall–Kier alpha value is -3.80. The monoisotopic (exact) mass is 376 g/mol. The summed E-state index contributed by atoms with van der Waals surface area (Å²) in [6.45, 7) is -0.256. The first-order chi connectivity index (χ1) is 13.7. The number of para-hydroxylation sites is 2. The molecule has 0 aromatic heterocycles. The molecule has 0 unspecified atom stereocenters. The van der Waals surface area contributed by atoms with E-state index in [1.165, 1.54) is 7.11 Å². The zero-order valence-electron chi connectivity index (χ0n) is 15.3. The molecule has 6 nitrogen and oxygen atoms in total. The lowest BCUT2D eigenvalue weighted by Gasteiger charge is -2.11. The minimum atomic E-state index is -0.486. The van der Waals surface area contributed by atoms with E-state index in [1.54, 1.807) is 36.4 Å². The topological polar surface area (TPSA) is 76.7 Å². The minimum Gasteiger partial charge on any atom is -0.493 e. The predicted octanol–water partition coefficient (Wildman–Crippen LogP) is 3.20. The smallest absolute Gasteiger partial charge is 0.276 e. The van der Waals surface area contributed by atoms with Crippen LogP contribution < -0.4 is 20.3 Å². The molecule has 2 amide bonds. The summed E-state index contributed by atoms with van der Waals surface area (Å²) >= 11 is 0. The average Bonchev–Trinajstić information content (AvgIpc) is 2.77. The average molecular weight is 376 g/mol. The molecule has 3 aromatic rings. The van der Waals surface area contributed by atoms with Crippen molar-refractivity contribution in [3.8, 4) is 22.6 Å². The lowest BCUT2D eigenvalue weighted by atomic mass is 10.0. The number of methoxy groups -OCH3 is 1. The summed E-state index contributed by atoms with van der Waals surface area (Å²) in [5, 5.41) is 0. The van der Waals surface area contributed by atoms with Crippen LogP contribution in [0.3, 0.4) is 0 Å². The molecule has 0 saturated carbocycles. The van der Waals surface area contributed by atoms with Crippen LogP contribution in [-0.4, -0.2) is 25.5 Å². The molecule has 0 radical (unpaired) electrons. The van der Waals surface area contributed by atoms with Crippen molar-refractivity contribution >= 4 is 11.8 Å². The Morgan fingerprint density at radius 1 is 0.750 bits per heavy atom. The summed E-state index contributed by atoms with van der Waals surface area (Å²) in [4.78, 5) is 24.1. The van der Waals surface area contributed by atoms with E-state index in [-0.39, 0.29) is 6.61 Å². The molecule has 0 aliphatic heterocycles. The molecule has 3 rings (SSSR count). The van der Waals surface area contributed by atoms with Gasteiger partial charge in [-0.25, -0.2) is 0 Å². The Kier molecular flexibility index (Phi) is 6.25. The van der Waals surface area contributed by atoms with Crippen molar-refractivity contribution in [3.05, 3.63) is 84.4 Å². The lowest BCUT2D eigenvalue weighted by Crippen LogP contribution is -2.43. The number of carbonyl (C=O) groups is 2. The van der Waals surface area contributed by atoms with Crippen molar-refractivity contribution in [2.45, 2.75) is 0 Å². The number of hydrogen-bond acceptors (Lipinski definition) is 4. The molecule has 0 heterocycles. The molecular weight excluding hydrogens is 356 g/mol. The number of carbonyl (C=O) groups excluding carboxylic acids is 2. The lowest BCUT2D eigenvalue weighted by molar-refractivity contribution is -0.123. The number of amides is 2. The molecule has 3 aromatic carbocycles. The van der Waals surface area contributed by atoms with E-state index in [4.69, 9.17) is 9.47 Å². The molecule has 0 spiro atoms. The summed E-state index contributed by atoms with van der Waals surface area (Å²) in [5.74, 6) is 0.0752. The molecule has 0 aliphatic carbocycles. The van der Waals surface area contributed by atoms with Gasteiger partial charge in [-0.15, -0.1) is 0 Å². The number of rotatable bonds is 6. The van der Waals surface area contributed by atoms with Crippen molar-refractivity contribution in [3.63, 3.8) is 0 Å². The van der Waals surface area contributed by atoms with Gasteiger partial charge in [-0.2, -0.15) is 0 Å². The third kappa shape index (κ3) is 4.88. The maximum absolute atomic E-state index is 12.2. The van der Waals surface area contributed by atoms with Gasteiger partial charge in [0.05, 0.1) is 7.11 Å². The number of benzene rings is 3. The van der Waals surface area contributed by atoms with Gasteiger partial charge >= 0.3 is 0 Å². The molecule has 0 bridgehead atoms. The number of hydrazine groups is 1. The summed E-state index contributed by atoms with van der Waals surface area (Å²) in [7, 11) is 1.52. The summed E-state index contributed by atoms with van der Waals surface area (Å²) in [6.07, 6.45) is 0. The van der Waals surface area contributed by atoms with Gasteiger partial charge < -0.3 is 9.47 Å². The van der Waals surface area contributed by atoms with E-state index in [0.717, 1.165) is 11.1 Å². The van der Waals surface area contributed by atoms with Crippen molar-refractivity contribution in [1.82, 2.24) is 10.9 Å². The van der Waals surface area contributed by atoms with Crippen molar-refractivity contribution in [1.29, 1.82) is 0 Å². The molecule has 0 atom stereocenters. The summed E-state index contributed by atoms with van der Waals surface area (Å²) in [6, 6.07) is 24.0. The highest BCUT2D eigenvalue weighted by Gasteiger charge is 2.10. The van der Waals surface area contributed by atoms with Crippen LogP contribution in [0.1, 0.15) is 10.4 Å². The highest BCUT2D eigenvalue weighted by atomic mass is 16.5. The first-order valence-corrected chi connectivity index (χ1v) is 8.68. The third-order valence-corrected chi connectivity index (χ3v) is 4.00. The maximum Gasteiger partial charge on any atom is 0.276 e. The van der Waals surface area contributed by atoms with Crippen LogP contribution >= 0.6 is 0 Å². The van der Waals surface area contributed by atoms with Crippen LogP contribution in [0.5, 0.6) is 11.5 Å². The highest BCUT2D eigenvalue weighted by molar-refractivity contribution is 5.95. The molecule has 6 heteroatoms. The zero-order valence-corrected chi connectivity index (χ0v) is 15.3. The Morgan fingerprint density at radius 3 is 2.04 bits per heavy atom. The fourth-order valence-corrected chi connectivity index (χ4v) is 2.56. The van der Waals surface area contributed by atoms with E-state index in [1.807, 2.05) is 42.5 Å². The second kappa shape index (κ2) is 9.23. The Bertz CT molecular complexity index is 940. The van der Waals surface area contributed by atoms with E-state index in [0.29, 0.717) is 17.1 Å². The van der Waals surface area contributed by atoms with Crippen LogP contribution in [0.15, 0.2) is 78.9 Å². The maximum atomic E-state index is 12.2. The van der Waals surface area contributed by atoms with Crippen molar-refractivity contribution in [2.75, 3.05) is 13.7 Å². The molecule has 2 N–H and O–H groups in total. The van der Waals surface area contributed by atoms with E-state index in [9.17, 15) is 9.59 Å². The van der Waals surface area contributed by atoms with Crippen LogP contribution in [0.4, 0.5) is 0 Å². The van der Waals surface area contributed by atoms with E-state index < -0.39 is 11.8 Å². The summed E-state index contributed by atoms with van der Waals surface area (Å²) in [5.41, 5.74) is 7.21. The normalized spacial score (nSPS) is 10.0.